The third-order valence-corrected chi connectivity index (χ3v) is 4.08. The molecule has 0 saturated heterocycles. The molecule has 1 aliphatic rings. The number of aryl methyl sites for hydroxylation is 1. The maximum Gasteiger partial charge on any atom is 0.142 e. The minimum atomic E-state index is 0.753. The maximum atomic E-state index is 5.78. The zero-order chi connectivity index (χ0) is 13.2. The van der Waals surface area contributed by atoms with Gasteiger partial charge in [0.2, 0.25) is 0 Å². The lowest BCUT2D eigenvalue weighted by Gasteiger charge is -2.23. The van der Waals surface area contributed by atoms with Crippen LogP contribution in [-0.2, 0) is 0 Å². The molecule has 0 atom stereocenters. The number of aromatic nitrogens is 1. The second kappa shape index (κ2) is 5.21. The van der Waals surface area contributed by atoms with Gasteiger partial charge in [-0.25, -0.2) is 4.98 Å². The first-order valence-corrected chi connectivity index (χ1v) is 7.16. The van der Waals surface area contributed by atoms with E-state index >= 15 is 0 Å². The summed E-state index contributed by atoms with van der Waals surface area (Å²) in [5.41, 5.74) is 2.28. The molecular weight excluding hydrogens is 304 g/mol. The third-order valence-electron chi connectivity index (χ3n) is 3.25. The molecule has 0 radical (unpaired) electrons. The number of benzene rings is 1. The average Bonchev–Trinajstić information content (AvgIpc) is 2.64. The van der Waals surface area contributed by atoms with Gasteiger partial charge in [0, 0.05) is 17.2 Å². The quantitative estimate of drug-likeness (QED) is 0.792. The van der Waals surface area contributed by atoms with Crippen molar-refractivity contribution in [3.05, 3.63) is 46.6 Å². The molecule has 1 aliphatic heterocycles. The number of pyridine rings is 1. The molecule has 0 bridgehead atoms. The van der Waals surface area contributed by atoms with Gasteiger partial charge in [-0.05, 0) is 53.0 Å². The average molecular weight is 319 g/mol. The molecular formula is C15H15BrN2O. The molecule has 4 heteroatoms. The SMILES string of the molecule is Cc1cc(N2CCCOc3ccccc32)ncc1Br. The molecule has 0 spiro atoms. The first kappa shape index (κ1) is 12.5. The van der Waals surface area contributed by atoms with Crippen molar-refractivity contribution in [3.8, 4) is 5.75 Å². The predicted octanol–water partition coefficient (Wildman–Crippen LogP) is 4.07. The normalized spacial score (nSPS) is 14.5. The van der Waals surface area contributed by atoms with Gasteiger partial charge in [-0.2, -0.15) is 0 Å². The lowest BCUT2D eigenvalue weighted by atomic mass is 10.2. The van der Waals surface area contributed by atoms with Crippen molar-refractivity contribution in [2.24, 2.45) is 0 Å². The lowest BCUT2D eigenvalue weighted by Crippen LogP contribution is -2.18. The van der Waals surface area contributed by atoms with Crippen LogP contribution in [0.5, 0.6) is 5.75 Å². The fourth-order valence-corrected chi connectivity index (χ4v) is 2.45. The molecule has 1 aromatic carbocycles. The van der Waals surface area contributed by atoms with Crippen molar-refractivity contribution < 1.29 is 4.74 Å². The van der Waals surface area contributed by atoms with E-state index in [2.05, 4.69) is 44.9 Å². The highest BCUT2D eigenvalue weighted by Gasteiger charge is 2.18. The summed E-state index contributed by atoms with van der Waals surface area (Å²) in [7, 11) is 0. The Bertz CT molecular complexity index is 600. The number of rotatable bonds is 1. The highest BCUT2D eigenvalue weighted by Crippen LogP contribution is 2.35. The lowest BCUT2D eigenvalue weighted by molar-refractivity contribution is 0.322. The van der Waals surface area contributed by atoms with Gasteiger partial charge in [0.1, 0.15) is 11.6 Å². The van der Waals surface area contributed by atoms with Gasteiger partial charge < -0.3 is 9.64 Å². The fraction of sp³-hybridized carbons (Fsp3) is 0.267. The van der Waals surface area contributed by atoms with Crippen molar-refractivity contribution in [2.45, 2.75) is 13.3 Å². The second-order valence-corrected chi connectivity index (χ2v) is 5.47. The molecule has 0 saturated carbocycles. The van der Waals surface area contributed by atoms with Gasteiger partial charge in [-0.1, -0.05) is 12.1 Å². The summed E-state index contributed by atoms with van der Waals surface area (Å²) in [6, 6.07) is 10.2. The van der Waals surface area contributed by atoms with E-state index in [1.54, 1.807) is 0 Å². The summed E-state index contributed by atoms with van der Waals surface area (Å²) in [5.74, 6) is 1.90. The maximum absolute atomic E-state index is 5.78. The molecule has 19 heavy (non-hydrogen) atoms. The number of nitrogens with zero attached hydrogens (tertiary/aromatic N) is 2. The first-order chi connectivity index (χ1) is 9.25. The second-order valence-electron chi connectivity index (χ2n) is 4.61. The summed E-state index contributed by atoms with van der Waals surface area (Å²) < 4.78 is 6.81. The van der Waals surface area contributed by atoms with Crippen LogP contribution in [0.3, 0.4) is 0 Å². The van der Waals surface area contributed by atoms with Crippen LogP contribution in [-0.4, -0.2) is 18.1 Å². The van der Waals surface area contributed by atoms with E-state index in [0.717, 1.165) is 41.3 Å². The van der Waals surface area contributed by atoms with E-state index in [4.69, 9.17) is 4.74 Å². The van der Waals surface area contributed by atoms with Crippen molar-refractivity contribution in [1.82, 2.24) is 4.98 Å². The molecule has 0 N–H and O–H groups in total. The van der Waals surface area contributed by atoms with Gasteiger partial charge in [-0.3, -0.25) is 0 Å². The molecule has 0 unspecified atom stereocenters. The zero-order valence-corrected chi connectivity index (χ0v) is 12.4. The van der Waals surface area contributed by atoms with Crippen LogP contribution in [0.4, 0.5) is 11.5 Å². The number of hydrogen-bond acceptors (Lipinski definition) is 3. The number of para-hydroxylation sites is 2. The Morgan fingerprint density at radius 3 is 3.00 bits per heavy atom. The van der Waals surface area contributed by atoms with Gasteiger partial charge in [0.05, 0.1) is 12.3 Å². The van der Waals surface area contributed by atoms with Crippen LogP contribution in [0.15, 0.2) is 41.0 Å². The number of ether oxygens (including phenoxy) is 1. The molecule has 2 heterocycles. The standard InChI is InChI=1S/C15H15BrN2O/c1-11-9-15(17-10-12(11)16)18-7-4-8-19-14-6-3-2-5-13(14)18/h2-3,5-6,9-10H,4,7-8H2,1H3. The van der Waals surface area contributed by atoms with Gasteiger partial charge in [0.25, 0.3) is 0 Å². The Balaban J connectivity index is 2.06. The Labute approximate surface area is 121 Å². The topological polar surface area (TPSA) is 25.4 Å². The Kier molecular flexibility index (Phi) is 3.42. The smallest absolute Gasteiger partial charge is 0.142 e. The minimum Gasteiger partial charge on any atom is -0.491 e. The van der Waals surface area contributed by atoms with Crippen LogP contribution in [0.25, 0.3) is 0 Å². The summed E-state index contributed by atoms with van der Waals surface area (Å²) in [5, 5.41) is 0. The van der Waals surface area contributed by atoms with Crippen LogP contribution < -0.4 is 9.64 Å². The fourth-order valence-electron chi connectivity index (χ4n) is 2.24. The zero-order valence-electron chi connectivity index (χ0n) is 10.8. The van der Waals surface area contributed by atoms with E-state index in [1.807, 2.05) is 24.4 Å². The Hall–Kier alpha value is -1.55. The largest absolute Gasteiger partial charge is 0.491 e. The first-order valence-electron chi connectivity index (χ1n) is 6.37. The van der Waals surface area contributed by atoms with Gasteiger partial charge in [-0.15, -0.1) is 0 Å². The summed E-state index contributed by atoms with van der Waals surface area (Å²) >= 11 is 3.49. The molecule has 3 nitrogen and oxygen atoms in total. The van der Waals surface area contributed by atoms with Crippen LogP contribution in [0.2, 0.25) is 0 Å². The molecule has 3 rings (SSSR count). The predicted molar refractivity (Wildman–Crippen MR) is 80.2 cm³/mol. The van der Waals surface area contributed by atoms with Crippen LogP contribution >= 0.6 is 15.9 Å². The monoisotopic (exact) mass is 318 g/mol. The van der Waals surface area contributed by atoms with E-state index in [9.17, 15) is 0 Å². The van der Waals surface area contributed by atoms with E-state index in [1.165, 1.54) is 5.56 Å². The summed E-state index contributed by atoms with van der Waals surface area (Å²) in [6.45, 7) is 3.75. The molecule has 0 amide bonds. The van der Waals surface area contributed by atoms with Crippen molar-refractivity contribution in [1.29, 1.82) is 0 Å². The minimum absolute atomic E-state index is 0.753. The van der Waals surface area contributed by atoms with E-state index in [-0.39, 0.29) is 0 Å². The highest BCUT2D eigenvalue weighted by atomic mass is 79.9. The molecule has 2 aromatic rings. The van der Waals surface area contributed by atoms with Gasteiger partial charge >= 0.3 is 0 Å². The van der Waals surface area contributed by atoms with Crippen LogP contribution in [0.1, 0.15) is 12.0 Å². The molecule has 0 aliphatic carbocycles. The number of halogens is 1. The van der Waals surface area contributed by atoms with Crippen molar-refractivity contribution >= 4 is 27.4 Å². The number of hydrogen-bond donors (Lipinski definition) is 0. The number of fused-ring (bicyclic) bond motifs is 1. The summed E-state index contributed by atoms with van der Waals surface area (Å²) in [4.78, 5) is 6.75. The number of anilines is 2. The third kappa shape index (κ3) is 2.45. The highest BCUT2D eigenvalue weighted by molar-refractivity contribution is 9.10. The van der Waals surface area contributed by atoms with Crippen molar-refractivity contribution in [3.63, 3.8) is 0 Å². The van der Waals surface area contributed by atoms with Gasteiger partial charge in [0.15, 0.2) is 0 Å². The molecule has 1 aromatic heterocycles. The Morgan fingerprint density at radius 1 is 1.32 bits per heavy atom. The molecule has 0 fully saturated rings. The van der Waals surface area contributed by atoms with E-state index < -0.39 is 0 Å². The van der Waals surface area contributed by atoms with Crippen molar-refractivity contribution in [2.75, 3.05) is 18.1 Å². The Morgan fingerprint density at radius 2 is 2.16 bits per heavy atom. The van der Waals surface area contributed by atoms with Crippen LogP contribution in [0, 0.1) is 6.92 Å². The molecule has 98 valence electrons. The van der Waals surface area contributed by atoms with E-state index in [0.29, 0.717) is 0 Å². The summed E-state index contributed by atoms with van der Waals surface area (Å²) in [6.07, 6.45) is 2.85.